The van der Waals surface area contributed by atoms with E-state index in [1.807, 2.05) is 29.2 Å². The molecule has 1 N–H and O–H groups in total. The molecule has 4 aromatic rings. The van der Waals surface area contributed by atoms with E-state index in [1.165, 1.54) is 23.1 Å². The number of hydrogen-bond acceptors (Lipinski definition) is 5. The summed E-state index contributed by atoms with van der Waals surface area (Å²) in [5.41, 5.74) is 0.471. The first-order valence-corrected chi connectivity index (χ1v) is 11.6. The molecule has 0 aliphatic heterocycles. The lowest BCUT2D eigenvalue weighted by atomic mass is 9.92. The summed E-state index contributed by atoms with van der Waals surface area (Å²) in [6.07, 6.45) is 1.31. The van der Waals surface area contributed by atoms with Crippen molar-refractivity contribution in [1.82, 2.24) is 25.1 Å². The highest BCUT2D eigenvalue weighted by Gasteiger charge is 2.35. The van der Waals surface area contributed by atoms with Crippen LogP contribution in [0.1, 0.15) is 22.3 Å². The molecular formula is C26H21BrF3N5O. The standard InChI is InChI=1S/C26H21BrF3N5O/c1-34(14-20-6-3-18(4-7-20)2-5-19-8-11-23(27)25(30)12-19)15-26(36,16-35-17-31-32-33-35)22-10-9-21(28)13-24(22)29/h3-4,6-13,17,36H,14-16H2,1H3. The second-order valence-electron chi connectivity index (χ2n) is 8.41. The van der Waals surface area contributed by atoms with Gasteiger partial charge in [-0.25, -0.2) is 17.9 Å². The van der Waals surface area contributed by atoms with Gasteiger partial charge in [0.2, 0.25) is 0 Å². The summed E-state index contributed by atoms with van der Waals surface area (Å²) >= 11 is 3.12. The van der Waals surface area contributed by atoms with Crippen LogP contribution >= 0.6 is 15.9 Å². The molecule has 36 heavy (non-hydrogen) atoms. The van der Waals surface area contributed by atoms with Crippen LogP contribution in [0.3, 0.4) is 0 Å². The van der Waals surface area contributed by atoms with E-state index in [2.05, 4.69) is 43.3 Å². The fraction of sp³-hybridized carbons (Fsp3) is 0.192. The molecule has 0 saturated carbocycles. The SMILES string of the molecule is CN(Cc1ccc(C#Cc2ccc(Br)c(F)c2)cc1)CC(O)(Cn1cnnn1)c1ccc(F)cc1F. The molecule has 0 amide bonds. The van der Waals surface area contributed by atoms with Crippen LogP contribution in [-0.2, 0) is 18.7 Å². The molecule has 0 spiro atoms. The van der Waals surface area contributed by atoms with Gasteiger partial charge in [-0.1, -0.05) is 30.0 Å². The number of aromatic nitrogens is 4. The first-order chi connectivity index (χ1) is 17.2. The van der Waals surface area contributed by atoms with Crippen molar-refractivity contribution < 1.29 is 18.3 Å². The van der Waals surface area contributed by atoms with E-state index in [4.69, 9.17) is 0 Å². The van der Waals surface area contributed by atoms with E-state index in [1.54, 1.807) is 19.2 Å². The molecule has 0 fully saturated rings. The van der Waals surface area contributed by atoms with Crippen LogP contribution in [0.5, 0.6) is 0 Å². The third kappa shape index (κ3) is 6.37. The highest BCUT2D eigenvalue weighted by atomic mass is 79.9. The molecule has 1 atom stereocenters. The van der Waals surface area contributed by atoms with Gasteiger partial charge in [-0.05, 0) is 75.4 Å². The molecule has 4 rings (SSSR count). The summed E-state index contributed by atoms with van der Waals surface area (Å²) in [7, 11) is 1.78. The second-order valence-corrected chi connectivity index (χ2v) is 9.27. The zero-order valence-electron chi connectivity index (χ0n) is 19.2. The van der Waals surface area contributed by atoms with E-state index >= 15 is 0 Å². The van der Waals surface area contributed by atoms with Crippen molar-refractivity contribution in [1.29, 1.82) is 0 Å². The normalized spacial score (nSPS) is 12.8. The topological polar surface area (TPSA) is 67.1 Å². The monoisotopic (exact) mass is 555 g/mol. The van der Waals surface area contributed by atoms with E-state index in [0.29, 0.717) is 16.6 Å². The molecule has 0 radical (unpaired) electrons. The highest BCUT2D eigenvalue weighted by molar-refractivity contribution is 9.10. The van der Waals surface area contributed by atoms with Crippen LogP contribution in [0.25, 0.3) is 0 Å². The van der Waals surface area contributed by atoms with Crippen LogP contribution in [0.2, 0.25) is 0 Å². The lowest BCUT2D eigenvalue weighted by Gasteiger charge is -2.33. The van der Waals surface area contributed by atoms with Gasteiger partial charge in [0, 0.05) is 35.8 Å². The summed E-state index contributed by atoms with van der Waals surface area (Å²) in [6.45, 7) is 0.330. The van der Waals surface area contributed by atoms with Crippen LogP contribution < -0.4 is 0 Å². The van der Waals surface area contributed by atoms with Crippen molar-refractivity contribution in [3.05, 3.63) is 111 Å². The predicted octanol–water partition coefficient (Wildman–Crippen LogP) is 4.27. The molecule has 3 aromatic carbocycles. The number of likely N-dealkylation sites (N-methyl/N-ethyl adjacent to an activating group) is 1. The van der Waals surface area contributed by atoms with Gasteiger partial charge in [0.1, 0.15) is 29.4 Å². The van der Waals surface area contributed by atoms with Gasteiger partial charge in [-0.2, -0.15) is 0 Å². The summed E-state index contributed by atoms with van der Waals surface area (Å²) in [5.74, 6) is 3.98. The smallest absolute Gasteiger partial charge is 0.138 e. The fourth-order valence-corrected chi connectivity index (χ4v) is 4.08. The summed E-state index contributed by atoms with van der Waals surface area (Å²) in [4.78, 5) is 1.82. The molecule has 184 valence electrons. The Kier molecular flexibility index (Phi) is 7.84. The Hall–Kier alpha value is -3.52. The molecular weight excluding hydrogens is 535 g/mol. The molecule has 1 aromatic heterocycles. The molecule has 1 heterocycles. The van der Waals surface area contributed by atoms with Gasteiger partial charge in [0.05, 0.1) is 11.0 Å². The van der Waals surface area contributed by atoms with Crippen LogP contribution in [0.4, 0.5) is 13.2 Å². The van der Waals surface area contributed by atoms with Gasteiger partial charge >= 0.3 is 0 Å². The van der Waals surface area contributed by atoms with Gasteiger partial charge in [-0.3, -0.25) is 4.90 Å². The Bertz CT molecular complexity index is 1400. The molecule has 0 aliphatic carbocycles. The van der Waals surface area contributed by atoms with E-state index in [-0.39, 0.29) is 24.5 Å². The van der Waals surface area contributed by atoms with Crippen molar-refractivity contribution in [3.8, 4) is 11.8 Å². The van der Waals surface area contributed by atoms with Crippen molar-refractivity contribution in [2.75, 3.05) is 13.6 Å². The Labute approximate surface area is 214 Å². The fourth-order valence-electron chi connectivity index (χ4n) is 3.83. The van der Waals surface area contributed by atoms with E-state index in [0.717, 1.165) is 23.3 Å². The number of halogens is 4. The lowest BCUT2D eigenvalue weighted by molar-refractivity contribution is -0.0178. The minimum absolute atomic E-state index is 0.0199. The molecule has 10 heteroatoms. The molecule has 1 unspecified atom stereocenters. The average molecular weight is 556 g/mol. The quantitative estimate of drug-likeness (QED) is 0.345. The lowest BCUT2D eigenvalue weighted by Crippen LogP contribution is -2.43. The molecule has 0 aliphatic rings. The number of tetrazole rings is 1. The number of benzene rings is 3. The van der Waals surface area contributed by atoms with Crippen molar-refractivity contribution in [2.45, 2.75) is 18.7 Å². The zero-order valence-corrected chi connectivity index (χ0v) is 20.8. The zero-order chi connectivity index (χ0) is 25.7. The number of hydrogen-bond donors (Lipinski definition) is 1. The molecule has 0 saturated heterocycles. The third-order valence-corrected chi connectivity index (χ3v) is 6.10. The maximum absolute atomic E-state index is 14.6. The Morgan fingerprint density at radius 1 is 0.972 bits per heavy atom. The first kappa shape index (κ1) is 25.6. The van der Waals surface area contributed by atoms with Gasteiger partial charge in [-0.15, -0.1) is 5.10 Å². The minimum atomic E-state index is -1.73. The van der Waals surface area contributed by atoms with Crippen molar-refractivity contribution in [3.63, 3.8) is 0 Å². The Morgan fingerprint density at radius 3 is 2.36 bits per heavy atom. The summed E-state index contributed by atoms with van der Waals surface area (Å²) in [5, 5.41) is 22.3. The number of nitrogens with zero attached hydrogens (tertiary/aromatic N) is 5. The van der Waals surface area contributed by atoms with Gasteiger partial charge in [0.25, 0.3) is 0 Å². The molecule has 6 nitrogen and oxygen atoms in total. The van der Waals surface area contributed by atoms with Gasteiger partial charge in [0.15, 0.2) is 0 Å². The summed E-state index contributed by atoms with van der Waals surface area (Å²) < 4.78 is 43.4. The second kappa shape index (κ2) is 11.0. The maximum atomic E-state index is 14.6. The third-order valence-electron chi connectivity index (χ3n) is 5.46. The number of rotatable bonds is 7. The minimum Gasteiger partial charge on any atom is -0.382 e. The van der Waals surface area contributed by atoms with Crippen LogP contribution in [0, 0.1) is 29.3 Å². The van der Waals surface area contributed by atoms with Gasteiger partial charge < -0.3 is 5.11 Å². The molecule has 0 bridgehead atoms. The van der Waals surface area contributed by atoms with Crippen molar-refractivity contribution >= 4 is 15.9 Å². The Morgan fingerprint density at radius 2 is 1.69 bits per heavy atom. The van der Waals surface area contributed by atoms with Crippen LogP contribution in [-0.4, -0.2) is 43.8 Å². The summed E-state index contributed by atoms with van der Waals surface area (Å²) in [6, 6.07) is 15.2. The number of aliphatic hydroxyl groups is 1. The largest absolute Gasteiger partial charge is 0.382 e. The van der Waals surface area contributed by atoms with Crippen molar-refractivity contribution in [2.24, 2.45) is 0 Å². The highest BCUT2D eigenvalue weighted by Crippen LogP contribution is 2.28. The predicted molar refractivity (Wildman–Crippen MR) is 131 cm³/mol. The Balaban J connectivity index is 1.47. The maximum Gasteiger partial charge on any atom is 0.138 e. The average Bonchev–Trinajstić information content (AvgIpc) is 3.33. The van der Waals surface area contributed by atoms with E-state index in [9.17, 15) is 18.3 Å². The van der Waals surface area contributed by atoms with Crippen LogP contribution in [0.15, 0.2) is 71.5 Å². The van der Waals surface area contributed by atoms with E-state index < -0.39 is 17.2 Å². The first-order valence-electron chi connectivity index (χ1n) is 10.8.